The van der Waals surface area contributed by atoms with Gasteiger partial charge in [0.2, 0.25) is 0 Å². The van der Waals surface area contributed by atoms with E-state index in [0.29, 0.717) is 5.57 Å². The molecule has 0 N–H and O–H groups in total. The third kappa shape index (κ3) is 2.63. The molecule has 0 atom stereocenters. The van der Waals surface area contributed by atoms with Crippen molar-refractivity contribution in [1.29, 1.82) is 0 Å². The number of rotatable bonds is 2. The first-order chi connectivity index (χ1) is 10.1. The molecule has 1 amide bonds. The van der Waals surface area contributed by atoms with Gasteiger partial charge in [-0.1, -0.05) is 48.0 Å². The zero-order valence-electron chi connectivity index (χ0n) is 12.1. The minimum Gasteiger partial charge on any atom is -0.267 e. The maximum atomic E-state index is 12.5. The quantitative estimate of drug-likeness (QED) is 0.768. The van der Waals surface area contributed by atoms with Crippen molar-refractivity contribution in [1.82, 2.24) is 0 Å². The van der Waals surface area contributed by atoms with Crippen molar-refractivity contribution in [2.24, 2.45) is 5.10 Å². The highest BCUT2D eigenvalue weighted by Gasteiger charge is 2.28. The zero-order chi connectivity index (χ0) is 14.8. The number of hydrazone groups is 1. The molecule has 2 aromatic rings. The number of hydrogen-bond acceptors (Lipinski definition) is 2. The molecule has 0 radical (unpaired) electrons. The van der Waals surface area contributed by atoms with Crippen LogP contribution in [0.3, 0.4) is 0 Å². The molecule has 0 aromatic heterocycles. The Morgan fingerprint density at radius 1 is 1.00 bits per heavy atom. The summed E-state index contributed by atoms with van der Waals surface area (Å²) in [5.41, 5.74) is 4.36. The summed E-state index contributed by atoms with van der Waals surface area (Å²) in [6.07, 6.45) is 1.90. The SMILES string of the molecule is CC1=NN(c2ccccc2)C(=O)/C1=C\c1cccc(C)c1. The standard InChI is InChI=1S/C18H16N2O/c1-13-7-6-8-15(11-13)12-17-14(2)19-20(18(17)21)16-9-4-3-5-10-16/h3-12H,1-2H3/b17-12-. The van der Waals surface area contributed by atoms with E-state index >= 15 is 0 Å². The van der Waals surface area contributed by atoms with Crippen molar-refractivity contribution < 1.29 is 4.79 Å². The molecule has 3 nitrogen and oxygen atoms in total. The molecular formula is C18H16N2O. The summed E-state index contributed by atoms with van der Waals surface area (Å²) in [4.78, 5) is 12.5. The Kier molecular flexibility index (Phi) is 3.40. The molecule has 0 bridgehead atoms. The molecule has 0 aliphatic carbocycles. The Morgan fingerprint density at radius 3 is 2.48 bits per heavy atom. The van der Waals surface area contributed by atoms with E-state index in [9.17, 15) is 4.79 Å². The third-order valence-electron chi connectivity index (χ3n) is 3.42. The summed E-state index contributed by atoms with van der Waals surface area (Å²) >= 11 is 0. The largest absolute Gasteiger partial charge is 0.280 e. The van der Waals surface area contributed by atoms with E-state index in [1.54, 1.807) is 0 Å². The molecule has 0 saturated carbocycles. The van der Waals surface area contributed by atoms with E-state index in [1.807, 2.05) is 68.5 Å². The second kappa shape index (κ2) is 5.37. The fourth-order valence-corrected chi connectivity index (χ4v) is 2.36. The molecule has 2 aromatic carbocycles. The second-order valence-electron chi connectivity index (χ2n) is 5.11. The van der Waals surface area contributed by atoms with Gasteiger partial charge in [-0.15, -0.1) is 0 Å². The van der Waals surface area contributed by atoms with Crippen molar-refractivity contribution >= 4 is 23.4 Å². The molecule has 104 valence electrons. The lowest BCUT2D eigenvalue weighted by molar-refractivity contribution is -0.114. The summed E-state index contributed by atoms with van der Waals surface area (Å²) in [6, 6.07) is 17.5. The number of carbonyl (C=O) groups excluding carboxylic acids is 1. The van der Waals surface area contributed by atoms with Gasteiger partial charge in [-0.05, 0) is 37.6 Å². The smallest absolute Gasteiger partial charge is 0.267 e. The first-order valence-electron chi connectivity index (χ1n) is 6.88. The van der Waals surface area contributed by atoms with E-state index in [2.05, 4.69) is 11.2 Å². The van der Waals surface area contributed by atoms with E-state index in [1.165, 1.54) is 10.6 Å². The van der Waals surface area contributed by atoms with Crippen LogP contribution in [0.15, 0.2) is 65.3 Å². The van der Waals surface area contributed by atoms with Crippen LogP contribution in [0.2, 0.25) is 0 Å². The summed E-state index contributed by atoms with van der Waals surface area (Å²) < 4.78 is 0. The Balaban J connectivity index is 1.96. The van der Waals surface area contributed by atoms with E-state index in [-0.39, 0.29) is 5.91 Å². The zero-order valence-corrected chi connectivity index (χ0v) is 12.1. The van der Waals surface area contributed by atoms with Crippen LogP contribution >= 0.6 is 0 Å². The van der Waals surface area contributed by atoms with Gasteiger partial charge in [-0.3, -0.25) is 4.79 Å². The predicted molar refractivity (Wildman–Crippen MR) is 86.2 cm³/mol. The number of benzene rings is 2. The van der Waals surface area contributed by atoms with Gasteiger partial charge >= 0.3 is 0 Å². The molecule has 3 heteroatoms. The normalized spacial score (nSPS) is 16.5. The van der Waals surface area contributed by atoms with E-state index in [0.717, 1.165) is 17.0 Å². The summed E-state index contributed by atoms with van der Waals surface area (Å²) in [5, 5.41) is 5.83. The summed E-state index contributed by atoms with van der Waals surface area (Å²) in [6.45, 7) is 3.90. The Morgan fingerprint density at radius 2 is 1.76 bits per heavy atom. The third-order valence-corrected chi connectivity index (χ3v) is 3.42. The first-order valence-corrected chi connectivity index (χ1v) is 6.88. The molecular weight excluding hydrogens is 260 g/mol. The molecule has 1 heterocycles. The van der Waals surface area contributed by atoms with E-state index in [4.69, 9.17) is 0 Å². The van der Waals surface area contributed by atoms with Crippen LogP contribution in [0.1, 0.15) is 18.1 Å². The predicted octanol–water partition coefficient (Wildman–Crippen LogP) is 3.80. The minimum absolute atomic E-state index is 0.0831. The molecule has 0 fully saturated rings. The molecule has 0 spiro atoms. The van der Waals surface area contributed by atoms with Crippen LogP contribution in [-0.2, 0) is 4.79 Å². The highest BCUT2D eigenvalue weighted by atomic mass is 16.2. The molecule has 1 aliphatic heterocycles. The lowest BCUT2D eigenvalue weighted by atomic mass is 10.1. The van der Waals surface area contributed by atoms with Crippen LogP contribution in [0.5, 0.6) is 0 Å². The minimum atomic E-state index is -0.0831. The van der Waals surface area contributed by atoms with Crippen molar-refractivity contribution in [3.63, 3.8) is 0 Å². The fourth-order valence-electron chi connectivity index (χ4n) is 2.36. The Labute approximate surface area is 124 Å². The lowest BCUT2D eigenvalue weighted by Crippen LogP contribution is -2.21. The van der Waals surface area contributed by atoms with Crippen LogP contribution < -0.4 is 5.01 Å². The van der Waals surface area contributed by atoms with Gasteiger partial charge in [-0.25, -0.2) is 0 Å². The van der Waals surface area contributed by atoms with E-state index < -0.39 is 0 Å². The van der Waals surface area contributed by atoms with Gasteiger partial charge < -0.3 is 0 Å². The number of anilines is 1. The lowest BCUT2D eigenvalue weighted by Gasteiger charge is -2.11. The molecule has 1 aliphatic rings. The van der Waals surface area contributed by atoms with Crippen molar-refractivity contribution in [3.8, 4) is 0 Å². The average molecular weight is 276 g/mol. The van der Waals surface area contributed by atoms with Gasteiger partial charge in [-0.2, -0.15) is 10.1 Å². The number of amides is 1. The highest BCUT2D eigenvalue weighted by molar-refractivity contribution is 6.32. The monoisotopic (exact) mass is 276 g/mol. The number of para-hydroxylation sites is 1. The van der Waals surface area contributed by atoms with Gasteiger partial charge in [0.1, 0.15) is 0 Å². The van der Waals surface area contributed by atoms with Crippen LogP contribution in [0.25, 0.3) is 6.08 Å². The van der Waals surface area contributed by atoms with Crippen molar-refractivity contribution in [3.05, 3.63) is 71.3 Å². The second-order valence-corrected chi connectivity index (χ2v) is 5.11. The van der Waals surface area contributed by atoms with Crippen LogP contribution in [-0.4, -0.2) is 11.6 Å². The molecule has 0 unspecified atom stereocenters. The fraction of sp³-hybridized carbons (Fsp3) is 0.111. The summed E-state index contributed by atoms with van der Waals surface area (Å²) in [7, 11) is 0. The number of aryl methyl sites for hydroxylation is 1. The van der Waals surface area contributed by atoms with Crippen LogP contribution in [0, 0.1) is 6.92 Å². The van der Waals surface area contributed by atoms with Gasteiger partial charge in [0.25, 0.3) is 5.91 Å². The number of hydrogen-bond donors (Lipinski definition) is 0. The number of nitrogens with zero attached hydrogens (tertiary/aromatic N) is 2. The highest BCUT2D eigenvalue weighted by Crippen LogP contribution is 2.24. The first kappa shape index (κ1) is 13.3. The van der Waals surface area contributed by atoms with Crippen LogP contribution in [0.4, 0.5) is 5.69 Å². The molecule has 21 heavy (non-hydrogen) atoms. The Bertz CT molecular complexity index is 745. The average Bonchev–Trinajstić information content (AvgIpc) is 2.76. The maximum Gasteiger partial charge on any atom is 0.280 e. The van der Waals surface area contributed by atoms with Crippen molar-refractivity contribution in [2.45, 2.75) is 13.8 Å². The van der Waals surface area contributed by atoms with Gasteiger partial charge in [0.15, 0.2) is 0 Å². The maximum absolute atomic E-state index is 12.5. The molecule has 3 rings (SSSR count). The van der Waals surface area contributed by atoms with Crippen molar-refractivity contribution in [2.75, 3.05) is 5.01 Å². The molecule has 0 saturated heterocycles. The van der Waals surface area contributed by atoms with Gasteiger partial charge in [0.05, 0.1) is 17.0 Å². The topological polar surface area (TPSA) is 32.7 Å². The van der Waals surface area contributed by atoms with Gasteiger partial charge in [0, 0.05) is 0 Å². The Hall–Kier alpha value is -2.68. The number of carbonyl (C=O) groups is 1. The summed E-state index contributed by atoms with van der Waals surface area (Å²) in [5.74, 6) is -0.0831.